The molecule has 4 aliphatic carbocycles. The highest BCUT2D eigenvalue weighted by atomic mass is 16.5. The van der Waals surface area contributed by atoms with E-state index in [1.54, 1.807) is 0 Å². The summed E-state index contributed by atoms with van der Waals surface area (Å²) >= 11 is 0. The summed E-state index contributed by atoms with van der Waals surface area (Å²) in [6, 6.07) is 0. The fourth-order valence-corrected chi connectivity index (χ4v) is 10.9. The summed E-state index contributed by atoms with van der Waals surface area (Å²) in [6.07, 6.45) is 11.0. The van der Waals surface area contributed by atoms with E-state index in [9.17, 15) is 24.6 Å². The molecule has 45 heavy (non-hydrogen) atoms. The highest BCUT2D eigenvalue weighted by Crippen LogP contribution is 2.74. The number of esters is 2. The molecule has 0 spiro atoms. The van der Waals surface area contributed by atoms with E-state index in [0.29, 0.717) is 43.6 Å². The molecule has 4 fully saturated rings. The van der Waals surface area contributed by atoms with Gasteiger partial charge in [0.15, 0.2) is 0 Å². The Morgan fingerprint density at radius 2 is 1.67 bits per heavy atom. The van der Waals surface area contributed by atoms with Crippen LogP contribution in [0.4, 0.5) is 0 Å². The molecule has 2 N–H and O–H groups in total. The van der Waals surface area contributed by atoms with Crippen LogP contribution in [0.2, 0.25) is 0 Å². The third-order valence-corrected chi connectivity index (χ3v) is 13.1. The van der Waals surface area contributed by atoms with Gasteiger partial charge in [0.05, 0.1) is 6.10 Å². The van der Waals surface area contributed by atoms with Crippen molar-refractivity contribution < 1.29 is 34.1 Å². The van der Waals surface area contributed by atoms with Crippen LogP contribution in [-0.4, -0.2) is 46.4 Å². The number of fused-ring (bicyclic) bond motifs is 5. The molecule has 10 atom stereocenters. The lowest BCUT2D eigenvalue weighted by atomic mass is 9.36. The van der Waals surface area contributed by atoms with Crippen LogP contribution in [0.1, 0.15) is 139 Å². The summed E-state index contributed by atoms with van der Waals surface area (Å²) < 4.78 is 12.0. The second-order valence-corrected chi connectivity index (χ2v) is 15.9. The molecule has 0 aromatic carbocycles. The summed E-state index contributed by atoms with van der Waals surface area (Å²) in [5.41, 5.74) is 1.42. The topological polar surface area (TPSA) is 110 Å². The highest BCUT2D eigenvalue weighted by molar-refractivity contribution is 5.88. The van der Waals surface area contributed by atoms with Gasteiger partial charge in [-0.05, 0) is 117 Å². The number of allylic oxidation sites excluding steroid dienone is 2. The lowest BCUT2D eigenvalue weighted by Crippen LogP contribution is -2.65. The predicted molar refractivity (Wildman–Crippen MR) is 175 cm³/mol. The molecule has 254 valence electrons. The number of hydrogen-bond acceptors (Lipinski definition) is 6. The van der Waals surface area contributed by atoms with Crippen LogP contribution >= 0.6 is 0 Å². The van der Waals surface area contributed by atoms with E-state index in [-0.39, 0.29) is 46.1 Å². The van der Waals surface area contributed by atoms with Gasteiger partial charge in [-0.2, -0.15) is 0 Å². The molecule has 4 rings (SSSR count). The Morgan fingerprint density at radius 1 is 0.956 bits per heavy atom. The normalized spacial score (nSPS) is 40.0. The largest absolute Gasteiger partial charge is 0.478 e. The summed E-state index contributed by atoms with van der Waals surface area (Å²) in [5.74, 6) is -1.10. The number of hydrogen-bond donors (Lipinski definition) is 2. The lowest BCUT2D eigenvalue weighted by Gasteiger charge is -2.69. The lowest BCUT2D eigenvalue weighted by molar-refractivity contribution is -0.236. The Kier molecular flexibility index (Phi) is 11.0. The number of carbonyl (C=O) groups excluding carboxylic acids is 2. The molecule has 0 amide bonds. The molecule has 0 saturated heterocycles. The van der Waals surface area contributed by atoms with E-state index in [0.717, 1.165) is 62.5 Å². The van der Waals surface area contributed by atoms with Gasteiger partial charge in [0.1, 0.15) is 12.2 Å². The van der Waals surface area contributed by atoms with Gasteiger partial charge in [0.2, 0.25) is 0 Å². The summed E-state index contributed by atoms with van der Waals surface area (Å²) in [6.45, 7) is 16.7. The first-order chi connectivity index (χ1) is 21.1. The van der Waals surface area contributed by atoms with Crippen LogP contribution in [0.5, 0.6) is 0 Å². The Bertz CT molecular complexity index is 1180. The number of aliphatic hydroxyl groups excluding tert-OH is 1. The van der Waals surface area contributed by atoms with Gasteiger partial charge in [0, 0.05) is 18.9 Å². The molecule has 0 heterocycles. The van der Waals surface area contributed by atoms with Crippen molar-refractivity contribution >= 4 is 17.9 Å². The zero-order valence-corrected chi connectivity index (χ0v) is 29.2. The maximum atomic E-state index is 12.8. The van der Waals surface area contributed by atoms with Crippen molar-refractivity contribution in [1.29, 1.82) is 0 Å². The second-order valence-electron chi connectivity index (χ2n) is 15.9. The minimum absolute atomic E-state index is 0.00873. The van der Waals surface area contributed by atoms with Gasteiger partial charge in [-0.3, -0.25) is 9.59 Å². The summed E-state index contributed by atoms with van der Waals surface area (Å²) in [7, 11) is 0. The fraction of sp³-hybridized carbons (Fsp3) is 0.816. The molecular weight excluding hydrogens is 568 g/mol. The van der Waals surface area contributed by atoms with E-state index in [1.165, 1.54) is 6.92 Å². The van der Waals surface area contributed by atoms with Crippen LogP contribution < -0.4 is 0 Å². The Labute approximate surface area is 271 Å². The number of carbonyl (C=O) groups is 3. The maximum absolute atomic E-state index is 12.8. The van der Waals surface area contributed by atoms with Gasteiger partial charge in [-0.1, -0.05) is 65.5 Å². The zero-order chi connectivity index (χ0) is 33.3. The molecule has 4 saturated carbocycles. The Balaban J connectivity index is 1.65. The van der Waals surface area contributed by atoms with Crippen LogP contribution in [0.3, 0.4) is 0 Å². The SMILES string of the molecule is CCCCCCC(=O)O[C@@H]1CC[C@]2(C)C3[C@H](O)C[C@H]4/C(=C(\CCC=C(C)C)C(=O)O)[C@@H](OC(C)=O)C[C@]4(C)[C@@]3(C)CC[C@H]2[C@@H]1C. The van der Waals surface area contributed by atoms with E-state index in [2.05, 4.69) is 40.7 Å². The van der Waals surface area contributed by atoms with Crippen molar-refractivity contribution in [2.24, 2.45) is 39.9 Å². The fourth-order valence-electron chi connectivity index (χ4n) is 10.9. The molecule has 0 bridgehead atoms. The van der Waals surface area contributed by atoms with Crippen molar-refractivity contribution in [3.8, 4) is 0 Å². The molecule has 0 aliphatic heterocycles. The average Bonchev–Trinajstić information content (AvgIpc) is 3.21. The molecule has 4 aliphatic rings. The van der Waals surface area contributed by atoms with Gasteiger partial charge in [0.25, 0.3) is 0 Å². The van der Waals surface area contributed by atoms with Gasteiger partial charge >= 0.3 is 17.9 Å². The van der Waals surface area contributed by atoms with E-state index in [4.69, 9.17) is 9.47 Å². The van der Waals surface area contributed by atoms with Crippen LogP contribution in [0, 0.1) is 39.9 Å². The standard InChI is InChI=1S/C38H60O7/c1-9-10-11-12-16-32(41)45-30-18-19-36(6)27(24(30)4)17-20-37(7)34(36)29(40)21-28-33(26(35(42)43)15-13-14-23(2)3)31(44-25(5)39)22-38(28,37)8/h14,24,27-31,34,40H,9-13,15-22H2,1-8H3,(H,42,43)/b33-26-/t24-,27-,28-,29+,30+,31-,34?,36-,37-,38-/m0/s1. The third kappa shape index (κ3) is 6.67. The number of aliphatic carboxylic acids is 1. The summed E-state index contributed by atoms with van der Waals surface area (Å²) in [5, 5.41) is 22.6. The minimum atomic E-state index is -0.960. The quantitative estimate of drug-likeness (QED) is 0.103. The zero-order valence-electron chi connectivity index (χ0n) is 29.2. The Hall–Kier alpha value is -2.15. The van der Waals surface area contributed by atoms with Crippen LogP contribution in [0.15, 0.2) is 22.8 Å². The minimum Gasteiger partial charge on any atom is -0.478 e. The molecule has 7 heteroatoms. The molecule has 0 aromatic rings. The molecule has 7 nitrogen and oxygen atoms in total. The average molecular weight is 629 g/mol. The number of unbranched alkanes of at least 4 members (excludes halogenated alkanes) is 3. The molecule has 1 unspecified atom stereocenters. The third-order valence-electron chi connectivity index (χ3n) is 13.1. The van der Waals surface area contributed by atoms with E-state index >= 15 is 0 Å². The molecular formula is C38H60O7. The van der Waals surface area contributed by atoms with Crippen LogP contribution in [-0.2, 0) is 23.9 Å². The maximum Gasteiger partial charge on any atom is 0.331 e. The first kappa shape index (κ1) is 35.7. The van der Waals surface area contributed by atoms with Crippen molar-refractivity contribution in [3.05, 3.63) is 22.8 Å². The summed E-state index contributed by atoms with van der Waals surface area (Å²) in [4.78, 5) is 37.9. The first-order valence-electron chi connectivity index (χ1n) is 17.7. The monoisotopic (exact) mass is 628 g/mol. The molecule has 0 aromatic heterocycles. The van der Waals surface area contributed by atoms with E-state index < -0.39 is 24.1 Å². The first-order valence-corrected chi connectivity index (χ1v) is 17.7. The molecule has 0 radical (unpaired) electrons. The number of aliphatic hydroxyl groups is 1. The predicted octanol–water partition coefficient (Wildman–Crippen LogP) is 8.19. The van der Waals surface area contributed by atoms with Crippen molar-refractivity contribution in [2.45, 2.75) is 157 Å². The van der Waals surface area contributed by atoms with Gasteiger partial charge in [-0.25, -0.2) is 4.79 Å². The number of carboxylic acids is 1. The van der Waals surface area contributed by atoms with Crippen molar-refractivity contribution in [3.63, 3.8) is 0 Å². The number of rotatable bonds is 11. The smallest absolute Gasteiger partial charge is 0.331 e. The van der Waals surface area contributed by atoms with E-state index in [1.807, 2.05) is 13.8 Å². The van der Waals surface area contributed by atoms with Gasteiger partial charge < -0.3 is 19.7 Å². The second kappa shape index (κ2) is 13.9. The van der Waals surface area contributed by atoms with Crippen molar-refractivity contribution in [1.82, 2.24) is 0 Å². The number of ether oxygens (including phenoxy) is 2. The van der Waals surface area contributed by atoms with Crippen LogP contribution in [0.25, 0.3) is 0 Å². The Morgan fingerprint density at radius 3 is 2.29 bits per heavy atom. The number of carboxylic acid groups (broad SMARTS) is 1. The van der Waals surface area contributed by atoms with Crippen molar-refractivity contribution in [2.75, 3.05) is 0 Å². The highest BCUT2D eigenvalue weighted by Gasteiger charge is 2.71. The van der Waals surface area contributed by atoms with Gasteiger partial charge in [-0.15, -0.1) is 0 Å².